The molecule has 11 nitrogen and oxygen atoms in total. The van der Waals surface area contributed by atoms with Crippen LogP contribution in [0.4, 0.5) is 4.79 Å². The molecule has 1 aromatic carbocycles. The van der Waals surface area contributed by atoms with Crippen LogP contribution in [0.5, 0.6) is 11.5 Å². The molecule has 11 heteroatoms. The lowest BCUT2D eigenvalue weighted by Gasteiger charge is -2.33. The van der Waals surface area contributed by atoms with Crippen molar-refractivity contribution in [2.75, 3.05) is 40.5 Å². The molecule has 0 spiro atoms. The number of unbranched alkanes of at least 4 members (excludes halogenated alkanes) is 1. The summed E-state index contributed by atoms with van der Waals surface area (Å²) < 4.78 is 21.8. The minimum atomic E-state index is -1.03. The molecule has 0 radical (unpaired) electrons. The SMILES string of the molecule is CCCCNC(=O)C(CC(O)C(CC(CNC(=O)c1ccc(OC)cc1OCCCOC)C(C)C)NC(=O)OC(C)(C)C)C(C)C. The summed E-state index contributed by atoms with van der Waals surface area (Å²) in [4.78, 5) is 39.3. The van der Waals surface area contributed by atoms with Crippen molar-refractivity contribution in [3.63, 3.8) is 0 Å². The van der Waals surface area contributed by atoms with Crippen LogP contribution in [0.2, 0.25) is 0 Å². The Balaban J connectivity index is 3.16. The van der Waals surface area contributed by atoms with Gasteiger partial charge in [0, 0.05) is 45.2 Å². The number of nitrogens with one attached hydrogen (secondary N) is 3. The number of carbonyl (C=O) groups is 3. The fourth-order valence-electron chi connectivity index (χ4n) is 4.96. The van der Waals surface area contributed by atoms with Gasteiger partial charge in [-0.1, -0.05) is 41.0 Å². The van der Waals surface area contributed by atoms with Crippen molar-refractivity contribution in [3.8, 4) is 11.5 Å². The van der Waals surface area contributed by atoms with Gasteiger partial charge in [0.15, 0.2) is 0 Å². The highest BCUT2D eigenvalue weighted by Crippen LogP contribution is 2.27. The van der Waals surface area contributed by atoms with Crippen molar-refractivity contribution >= 4 is 17.9 Å². The van der Waals surface area contributed by atoms with E-state index < -0.39 is 29.8 Å². The van der Waals surface area contributed by atoms with Crippen LogP contribution in [0.3, 0.4) is 0 Å². The highest BCUT2D eigenvalue weighted by atomic mass is 16.6. The second-order valence-electron chi connectivity index (χ2n) is 13.6. The molecule has 3 amide bonds. The van der Waals surface area contributed by atoms with E-state index in [1.54, 1.807) is 53.2 Å². The van der Waals surface area contributed by atoms with Gasteiger partial charge in [-0.25, -0.2) is 4.79 Å². The van der Waals surface area contributed by atoms with Gasteiger partial charge in [-0.05, 0) is 69.9 Å². The maximum atomic E-state index is 13.4. The molecule has 1 rings (SSSR count). The largest absolute Gasteiger partial charge is 0.497 e. The molecule has 0 aromatic heterocycles. The second kappa shape index (κ2) is 20.9. The highest BCUT2D eigenvalue weighted by Gasteiger charge is 2.33. The normalized spacial score (nSPS) is 14.3. The summed E-state index contributed by atoms with van der Waals surface area (Å²) >= 11 is 0. The van der Waals surface area contributed by atoms with E-state index in [-0.39, 0.29) is 42.5 Å². The standard InChI is InChI=1S/C35H61N3O8/c1-11-12-16-36-33(41)28(24(4)5)21-30(39)29(38-34(42)46-35(6,7)8)19-25(23(2)3)22-37-32(40)27-15-14-26(44-10)20-31(27)45-18-13-17-43-9/h14-15,20,23-25,28-30,39H,11-13,16-19,21-22H2,1-10H3,(H,36,41)(H,37,40)(H,38,42). The Labute approximate surface area is 276 Å². The predicted octanol–water partition coefficient (Wildman–Crippen LogP) is 5.34. The molecular formula is C35H61N3O8. The van der Waals surface area contributed by atoms with Crippen LogP contribution >= 0.6 is 0 Å². The van der Waals surface area contributed by atoms with Crippen molar-refractivity contribution in [1.29, 1.82) is 0 Å². The molecule has 0 aliphatic rings. The van der Waals surface area contributed by atoms with Crippen LogP contribution in [0, 0.1) is 23.7 Å². The van der Waals surface area contributed by atoms with Crippen LogP contribution in [-0.4, -0.2) is 81.3 Å². The number of hydrogen-bond acceptors (Lipinski definition) is 8. The fourth-order valence-corrected chi connectivity index (χ4v) is 4.96. The molecule has 4 atom stereocenters. The minimum absolute atomic E-state index is 0.0194. The van der Waals surface area contributed by atoms with Crippen LogP contribution in [0.25, 0.3) is 0 Å². The van der Waals surface area contributed by atoms with E-state index in [0.29, 0.717) is 49.7 Å². The molecule has 1 aromatic rings. The van der Waals surface area contributed by atoms with E-state index in [2.05, 4.69) is 22.9 Å². The number of ether oxygens (including phenoxy) is 4. The Hall–Kier alpha value is -3.05. The summed E-state index contributed by atoms with van der Waals surface area (Å²) in [6, 6.07) is 4.34. The summed E-state index contributed by atoms with van der Waals surface area (Å²) in [5.74, 6) is 0.0706. The Morgan fingerprint density at radius 2 is 1.63 bits per heavy atom. The summed E-state index contributed by atoms with van der Waals surface area (Å²) in [6.45, 7) is 17.1. The van der Waals surface area contributed by atoms with Crippen LogP contribution < -0.4 is 25.4 Å². The van der Waals surface area contributed by atoms with Gasteiger partial charge < -0.3 is 40.0 Å². The molecule has 0 heterocycles. The first-order valence-electron chi connectivity index (χ1n) is 16.7. The number of hydrogen-bond donors (Lipinski definition) is 4. The van der Waals surface area contributed by atoms with Crippen molar-refractivity contribution in [1.82, 2.24) is 16.0 Å². The Morgan fingerprint density at radius 3 is 2.20 bits per heavy atom. The number of carbonyl (C=O) groups excluding carboxylic acids is 3. The molecule has 0 aliphatic carbocycles. The van der Waals surface area contributed by atoms with Crippen LogP contribution in [0.1, 0.15) is 97.9 Å². The first-order chi connectivity index (χ1) is 21.6. The third-order valence-corrected chi connectivity index (χ3v) is 7.84. The van der Waals surface area contributed by atoms with Gasteiger partial charge in [0.25, 0.3) is 5.91 Å². The summed E-state index contributed by atoms with van der Waals surface area (Å²) in [7, 11) is 3.17. The Morgan fingerprint density at radius 1 is 0.935 bits per heavy atom. The first kappa shape index (κ1) is 41.0. The zero-order chi connectivity index (χ0) is 34.9. The zero-order valence-corrected chi connectivity index (χ0v) is 29.9. The summed E-state index contributed by atoms with van der Waals surface area (Å²) in [5, 5.41) is 20.4. The summed E-state index contributed by atoms with van der Waals surface area (Å²) in [5.41, 5.74) is -0.357. The third-order valence-electron chi connectivity index (χ3n) is 7.84. The van der Waals surface area contributed by atoms with Crippen molar-refractivity contribution in [2.24, 2.45) is 23.7 Å². The van der Waals surface area contributed by atoms with Gasteiger partial charge in [-0.15, -0.1) is 0 Å². The van der Waals surface area contributed by atoms with Gasteiger partial charge in [0.05, 0.1) is 31.4 Å². The van der Waals surface area contributed by atoms with Gasteiger partial charge >= 0.3 is 6.09 Å². The quantitative estimate of drug-likeness (QED) is 0.131. The van der Waals surface area contributed by atoms with Crippen molar-refractivity contribution in [3.05, 3.63) is 23.8 Å². The molecule has 0 saturated heterocycles. The Bertz CT molecular complexity index is 1060. The lowest BCUT2D eigenvalue weighted by atomic mass is 9.82. The monoisotopic (exact) mass is 651 g/mol. The smallest absolute Gasteiger partial charge is 0.407 e. The van der Waals surface area contributed by atoms with Gasteiger partial charge in [-0.3, -0.25) is 9.59 Å². The maximum Gasteiger partial charge on any atom is 0.407 e. The van der Waals surface area contributed by atoms with E-state index in [9.17, 15) is 19.5 Å². The lowest BCUT2D eigenvalue weighted by Crippen LogP contribution is -2.49. The molecule has 4 unspecified atom stereocenters. The molecule has 264 valence electrons. The zero-order valence-electron chi connectivity index (χ0n) is 29.9. The maximum absolute atomic E-state index is 13.4. The van der Waals surface area contributed by atoms with Crippen molar-refractivity contribution in [2.45, 2.75) is 105 Å². The third kappa shape index (κ3) is 15.5. The van der Waals surface area contributed by atoms with Crippen molar-refractivity contribution < 1.29 is 38.4 Å². The van der Waals surface area contributed by atoms with Gasteiger partial charge in [0.1, 0.15) is 17.1 Å². The predicted molar refractivity (Wildman–Crippen MR) is 180 cm³/mol. The first-order valence-corrected chi connectivity index (χ1v) is 16.7. The number of benzene rings is 1. The lowest BCUT2D eigenvalue weighted by molar-refractivity contribution is -0.127. The van der Waals surface area contributed by atoms with Crippen LogP contribution in [-0.2, 0) is 14.3 Å². The van der Waals surface area contributed by atoms with Gasteiger partial charge in [0.2, 0.25) is 5.91 Å². The van der Waals surface area contributed by atoms with Crippen LogP contribution in [0.15, 0.2) is 18.2 Å². The molecule has 0 aliphatic heterocycles. The molecule has 46 heavy (non-hydrogen) atoms. The fraction of sp³-hybridized carbons (Fsp3) is 0.743. The minimum Gasteiger partial charge on any atom is -0.497 e. The van der Waals surface area contributed by atoms with Gasteiger partial charge in [-0.2, -0.15) is 0 Å². The number of aliphatic hydroxyl groups is 1. The molecule has 4 N–H and O–H groups in total. The summed E-state index contributed by atoms with van der Waals surface area (Å²) in [6.07, 6.45) is 1.35. The van der Waals surface area contributed by atoms with E-state index >= 15 is 0 Å². The Kier molecular flexibility index (Phi) is 18.7. The average Bonchev–Trinajstić information content (AvgIpc) is 2.97. The van der Waals surface area contributed by atoms with E-state index in [1.807, 2.05) is 27.7 Å². The number of amides is 3. The molecule has 0 fully saturated rings. The van der Waals surface area contributed by atoms with E-state index in [4.69, 9.17) is 18.9 Å². The number of methoxy groups -OCH3 is 2. The second-order valence-corrected chi connectivity index (χ2v) is 13.6. The van der Waals surface area contributed by atoms with E-state index in [1.165, 1.54) is 0 Å². The van der Waals surface area contributed by atoms with E-state index in [0.717, 1.165) is 12.8 Å². The number of rotatable bonds is 21. The average molecular weight is 652 g/mol. The highest BCUT2D eigenvalue weighted by molar-refractivity contribution is 5.97. The number of alkyl carbamates (subject to hydrolysis) is 1. The number of aliphatic hydroxyl groups excluding tert-OH is 1. The topological polar surface area (TPSA) is 144 Å². The molecular weight excluding hydrogens is 590 g/mol. The molecule has 0 bridgehead atoms. The molecule has 0 saturated carbocycles.